The molecule has 0 aliphatic heterocycles. The summed E-state index contributed by atoms with van der Waals surface area (Å²) in [6.45, 7) is 0. The molecule has 1 N–H and O–H groups in total. The van der Waals surface area contributed by atoms with Crippen LogP contribution in [0.2, 0.25) is 5.02 Å². The molecule has 8 heteroatoms. The van der Waals surface area contributed by atoms with Crippen molar-refractivity contribution < 1.29 is 4.79 Å². The average molecular weight is 482 g/mol. The summed E-state index contributed by atoms with van der Waals surface area (Å²) in [5.41, 5.74) is 2.50. The molecule has 5 nitrogen and oxygen atoms in total. The number of hydrogen-bond acceptors (Lipinski definition) is 5. The number of para-hydroxylation sites is 1. The number of thiophene rings is 1. The molecule has 5 rings (SSSR count). The van der Waals surface area contributed by atoms with E-state index in [1.807, 2.05) is 42.5 Å². The molecule has 4 aromatic rings. The fourth-order valence-corrected chi connectivity index (χ4v) is 6.19. The fourth-order valence-electron chi connectivity index (χ4n) is 3.95. The number of amides is 1. The zero-order chi connectivity index (χ0) is 22.1. The maximum Gasteiger partial charge on any atom is 0.267 e. The van der Waals surface area contributed by atoms with Crippen LogP contribution in [0.3, 0.4) is 0 Å². The second kappa shape index (κ2) is 9.10. The third-order valence-electron chi connectivity index (χ3n) is 5.43. The summed E-state index contributed by atoms with van der Waals surface area (Å²) < 4.78 is 1.61. The van der Waals surface area contributed by atoms with Gasteiger partial charge in [-0.15, -0.1) is 11.3 Å². The molecule has 2 aromatic heterocycles. The number of carbonyl (C=O) groups excluding carboxylic acids is 1. The van der Waals surface area contributed by atoms with Gasteiger partial charge in [0.05, 0.1) is 16.8 Å². The molecule has 32 heavy (non-hydrogen) atoms. The molecule has 1 aliphatic carbocycles. The van der Waals surface area contributed by atoms with E-state index in [1.54, 1.807) is 28.0 Å². The van der Waals surface area contributed by atoms with Gasteiger partial charge >= 0.3 is 0 Å². The number of aryl methyl sites for hydroxylation is 2. The van der Waals surface area contributed by atoms with Crippen molar-refractivity contribution in [2.75, 3.05) is 11.1 Å². The van der Waals surface area contributed by atoms with Crippen molar-refractivity contribution >= 4 is 56.5 Å². The highest BCUT2D eigenvalue weighted by Crippen LogP contribution is 2.35. The molecule has 0 radical (unpaired) electrons. The molecule has 0 bridgehead atoms. The Balaban J connectivity index is 1.54. The van der Waals surface area contributed by atoms with E-state index in [0.29, 0.717) is 15.9 Å². The maximum atomic E-state index is 13.7. The van der Waals surface area contributed by atoms with Gasteiger partial charge in [-0.1, -0.05) is 41.6 Å². The monoisotopic (exact) mass is 481 g/mol. The van der Waals surface area contributed by atoms with Crippen molar-refractivity contribution in [2.24, 2.45) is 0 Å². The summed E-state index contributed by atoms with van der Waals surface area (Å²) in [7, 11) is 0. The number of anilines is 1. The van der Waals surface area contributed by atoms with E-state index >= 15 is 0 Å². The number of nitrogens with zero attached hydrogens (tertiary/aromatic N) is 2. The van der Waals surface area contributed by atoms with Gasteiger partial charge in [0, 0.05) is 15.6 Å². The van der Waals surface area contributed by atoms with E-state index in [1.165, 1.54) is 16.6 Å². The third-order valence-corrected chi connectivity index (χ3v) is 7.81. The molecule has 0 atom stereocenters. The molecule has 0 unspecified atom stereocenters. The lowest BCUT2D eigenvalue weighted by molar-refractivity contribution is -0.113. The second-order valence-corrected chi connectivity index (χ2v) is 10.1. The lowest BCUT2D eigenvalue weighted by Crippen LogP contribution is -2.23. The molecule has 2 heterocycles. The second-order valence-electron chi connectivity index (χ2n) is 7.61. The van der Waals surface area contributed by atoms with Crippen LogP contribution in [0.15, 0.2) is 64.5 Å². The molecule has 0 saturated carbocycles. The van der Waals surface area contributed by atoms with Gasteiger partial charge in [0.2, 0.25) is 5.91 Å². The zero-order valence-electron chi connectivity index (χ0n) is 17.1. The summed E-state index contributed by atoms with van der Waals surface area (Å²) in [5, 5.41) is 4.70. The van der Waals surface area contributed by atoms with Gasteiger partial charge in [0.25, 0.3) is 5.56 Å². The molecular weight excluding hydrogens is 462 g/mol. The number of benzene rings is 2. The summed E-state index contributed by atoms with van der Waals surface area (Å²) in [6.07, 6.45) is 4.15. The minimum atomic E-state index is -0.149. The molecule has 0 fully saturated rings. The van der Waals surface area contributed by atoms with E-state index in [0.717, 1.165) is 47.2 Å². The van der Waals surface area contributed by atoms with Crippen LogP contribution in [0.1, 0.15) is 23.3 Å². The topological polar surface area (TPSA) is 64.0 Å². The van der Waals surface area contributed by atoms with Crippen molar-refractivity contribution in [2.45, 2.75) is 30.8 Å². The quantitative estimate of drug-likeness (QED) is 0.293. The normalized spacial score (nSPS) is 13.2. The summed E-state index contributed by atoms with van der Waals surface area (Å²) in [4.78, 5) is 33.1. The molecule has 0 spiro atoms. The maximum absolute atomic E-state index is 13.7. The van der Waals surface area contributed by atoms with Gasteiger partial charge in [-0.3, -0.25) is 14.2 Å². The molecule has 162 valence electrons. The number of nitrogens with one attached hydrogen (secondary N) is 1. The molecular formula is C24H20ClN3O2S2. The zero-order valence-corrected chi connectivity index (χ0v) is 19.5. The lowest BCUT2D eigenvalue weighted by Gasteiger charge is -2.14. The van der Waals surface area contributed by atoms with Gasteiger partial charge in [-0.2, -0.15) is 0 Å². The Labute approximate surface area is 198 Å². The minimum absolute atomic E-state index is 0.0808. The lowest BCUT2D eigenvalue weighted by atomic mass is 9.97. The number of hydrogen-bond donors (Lipinski definition) is 1. The Morgan fingerprint density at radius 2 is 1.84 bits per heavy atom. The van der Waals surface area contributed by atoms with Crippen molar-refractivity contribution in [1.29, 1.82) is 0 Å². The summed E-state index contributed by atoms with van der Waals surface area (Å²) in [5.74, 6) is -0.00501. The first-order valence-electron chi connectivity index (χ1n) is 10.4. The van der Waals surface area contributed by atoms with Crippen LogP contribution in [0.4, 0.5) is 5.69 Å². The van der Waals surface area contributed by atoms with E-state index in [2.05, 4.69) is 5.32 Å². The highest BCUT2D eigenvalue weighted by atomic mass is 35.5. The SMILES string of the molecule is O=C(CSc1nc2sc3c(c2c(=O)n1-c1ccc(Cl)cc1)CCCC3)Nc1ccccc1. The predicted octanol–water partition coefficient (Wildman–Crippen LogP) is 5.71. The summed E-state index contributed by atoms with van der Waals surface area (Å²) >= 11 is 8.95. The first-order valence-corrected chi connectivity index (χ1v) is 12.6. The summed E-state index contributed by atoms with van der Waals surface area (Å²) in [6, 6.07) is 16.5. The Morgan fingerprint density at radius 3 is 2.62 bits per heavy atom. The van der Waals surface area contributed by atoms with Crippen LogP contribution in [-0.4, -0.2) is 21.2 Å². The minimum Gasteiger partial charge on any atom is -0.325 e. The number of halogens is 1. The highest BCUT2D eigenvalue weighted by molar-refractivity contribution is 7.99. The third kappa shape index (κ3) is 4.20. The molecule has 0 saturated heterocycles. The van der Waals surface area contributed by atoms with Gasteiger partial charge in [-0.25, -0.2) is 4.98 Å². The van der Waals surface area contributed by atoms with Crippen molar-refractivity contribution in [1.82, 2.24) is 9.55 Å². The molecule has 2 aromatic carbocycles. The van der Waals surface area contributed by atoms with Crippen LogP contribution in [0.5, 0.6) is 0 Å². The predicted molar refractivity (Wildman–Crippen MR) is 133 cm³/mol. The van der Waals surface area contributed by atoms with Crippen LogP contribution in [-0.2, 0) is 17.6 Å². The number of fused-ring (bicyclic) bond motifs is 3. The number of rotatable bonds is 5. The van der Waals surface area contributed by atoms with E-state index in [4.69, 9.17) is 16.6 Å². The Bertz CT molecular complexity index is 1350. The number of aromatic nitrogens is 2. The highest BCUT2D eigenvalue weighted by Gasteiger charge is 2.23. The van der Waals surface area contributed by atoms with E-state index in [-0.39, 0.29) is 17.2 Å². The molecule has 1 amide bonds. The first-order chi connectivity index (χ1) is 15.6. The van der Waals surface area contributed by atoms with Crippen LogP contribution in [0, 0.1) is 0 Å². The van der Waals surface area contributed by atoms with Crippen molar-refractivity contribution in [3.8, 4) is 5.69 Å². The first kappa shape index (κ1) is 21.2. The smallest absolute Gasteiger partial charge is 0.267 e. The van der Waals surface area contributed by atoms with Crippen molar-refractivity contribution in [3.63, 3.8) is 0 Å². The Morgan fingerprint density at radius 1 is 1.09 bits per heavy atom. The standard InChI is InChI=1S/C24H20ClN3O2S2/c25-15-10-12-17(13-11-15)28-23(30)21-18-8-4-5-9-19(18)32-22(21)27-24(28)31-14-20(29)26-16-6-2-1-3-7-16/h1-3,6-7,10-13H,4-5,8-9,14H2,(H,26,29). The van der Waals surface area contributed by atoms with Gasteiger partial charge < -0.3 is 5.32 Å². The Hall–Kier alpha value is -2.61. The Kier molecular flexibility index (Phi) is 6.04. The van der Waals surface area contributed by atoms with Gasteiger partial charge in [0.15, 0.2) is 5.16 Å². The van der Waals surface area contributed by atoms with Gasteiger partial charge in [-0.05, 0) is 67.6 Å². The van der Waals surface area contributed by atoms with Crippen LogP contribution >= 0.6 is 34.7 Å². The van der Waals surface area contributed by atoms with Crippen molar-refractivity contribution in [3.05, 3.63) is 80.4 Å². The van der Waals surface area contributed by atoms with Gasteiger partial charge in [0.1, 0.15) is 4.83 Å². The van der Waals surface area contributed by atoms with Crippen LogP contribution in [0.25, 0.3) is 15.9 Å². The fraction of sp³-hybridized carbons (Fsp3) is 0.208. The van der Waals surface area contributed by atoms with E-state index in [9.17, 15) is 9.59 Å². The van der Waals surface area contributed by atoms with Crippen LogP contribution < -0.4 is 10.9 Å². The molecule has 1 aliphatic rings. The largest absolute Gasteiger partial charge is 0.325 e. The number of thioether (sulfide) groups is 1. The average Bonchev–Trinajstić information content (AvgIpc) is 3.18. The van der Waals surface area contributed by atoms with E-state index < -0.39 is 0 Å². The number of carbonyl (C=O) groups is 1.